The number of rotatable bonds is 7. The minimum absolute atomic E-state index is 0.200. The van der Waals surface area contributed by atoms with Gasteiger partial charge in [0.15, 0.2) is 0 Å². The smallest absolute Gasteiger partial charge is 0.317 e. The number of benzene rings is 1. The molecule has 2 rings (SSSR count). The van der Waals surface area contributed by atoms with Crippen molar-refractivity contribution in [3.05, 3.63) is 29.8 Å². The quantitative estimate of drug-likeness (QED) is 0.753. The highest BCUT2D eigenvalue weighted by Crippen LogP contribution is 2.22. The van der Waals surface area contributed by atoms with Crippen molar-refractivity contribution in [3.63, 3.8) is 0 Å². The monoisotopic (exact) mass is 383 g/mol. The third-order valence-electron chi connectivity index (χ3n) is 4.47. The van der Waals surface area contributed by atoms with Crippen LogP contribution in [0.25, 0.3) is 0 Å². The topological polar surface area (TPSA) is 87.7 Å². The molecule has 1 aliphatic rings. The zero-order valence-corrected chi connectivity index (χ0v) is 16.7. The molecule has 2 atom stereocenters. The van der Waals surface area contributed by atoms with Crippen molar-refractivity contribution in [1.82, 2.24) is 14.9 Å². The van der Waals surface area contributed by atoms with Gasteiger partial charge >= 0.3 is 6.03 Å². The number of ether oxygens (including phenoxy) is 1. The highest BCUT2D eigenvalue weighted by molar-refractivity contribution is 7.88. The van der Waals surface area contributed by atoms with Crippen molar-refractivity contribution in [2.75, 3.05) is 26.0 Å². The molecular weight excluding hydrogens is 354 g/mol. The van der Waals surface area contributed by atoms with Gasteiger partial charge in [-0.05, 0) is 37.0 Å². The van der Waals surface area contributed by atoms with E-state index >= 15 is 0 Å². The Morgan fingerprint density at radius 1 is 1.31 bits per heavy atom. The maximum Gasteiger partial charge on any atom is 0.317 e. The molecule has 146 valence electrons. The molecule has 26 heavy (non-hydrogen) atoms. The largest absolute Gasteiger partial charge is 0.491 e. The lowest BCUT2D eigenvalue weighted by Crippen LogP contribution is -2.51. The second kappa shape index (κ2) is 8.73. The lowest BCUT2D eigenvalue weighted by Gasteiger charge is -2.28. The maximum absolute atomic E-state index is 12.3. The number of sulfonamides is 1. The summed E-state index contributed by atoms with van der Waals surface area (Å²) in [5.74, 6) is 1.14. The number of urea groups is 1. The van der Waals surface area contributed by atoms with Gasteiger partial charge < -0.3 is 15.0 Å². The summed E-state index contributed by atoms with van der Waals surface area (Å²) >= 11 is 0. The second-order valence-corrected chi connectivity index (χ2v) is 8.70. The minimum Gasteiger partial charge on any atom is -0.491 e. The third kappa shape index (κ3) is 5.60. The zero-order valence-electron chi connectivity index (χ0n) is 15.9. The molecular formula is C18H29N3O4S. The van der Waals surface area contributed by atoms with Crippen LogP contribution in [0.3, 0.4) is 0 Å². The molecule has 1 aromatic carbocycles. The van der Waals surface area contributed by atoms with Crippen molar-refractivity contribution in [1.29, 1.82) is 0 Å². The van der Waals surface area contributed by atoms with Gasteiger partial charge in [0.25, 0.3) is 0 Å². The van der Waals surface area contributed by atoms with E-state index in [1.54, 1.807) is 4.90 Å². The number of likely N-dealkylation sites (tertiary alicyclic amines) is 1. The van der Waals surface area contributed by atoms with Crippen LogP contribution in [0, 0.1) is 0 Å². The predicted molar refractivity (Wildman–Crippen MR) is 102 cm³/mol. The van der Waals surface area contributed by atoms with E-state index in [1.807, 2.05) is 31.2 Å². The third-order valence-corrected chi connectivity index (χ3v) is 5.20. The molecule has 8 heteroatoms. The SMILES string of the molecule is CCNC(=O)N1CC[C@H](NS(C)(=O)=O)[C@@H]1COc1ccc(C(C)C)cc1. The van der Waals surface area contributed by atoms with E-state index in [2.05, 4.69) is 23.9 Å². The summed E-state index contributed by atoms with van der Waals surface area (Å²) in [6.07, 6.45) is 1.69. The highest BCUT2D eigenvalue weighted by atomic mass is 32.2. The summed E-state index contributed by atoms with van der Waals surface area (Å²) in [5, 5.41) is 2.77. The molecule has 0 bridgehead atoms. The first kappa shape index (κ1) is 20.5. The molecule has 1 heterocycles. The Hall–Kier alpha value is -1.80. The summed E-state index contributed by atoms with van der Waals surface area (Å²) in [6.45, 7) is 7.33. The molecule has 0 spiro atoms. The first-order valence-electron chi connectivity index (χ1n) is 8.95. The Labute approximate surface area is 156 Å². The van der Waals surface area contributed by atoms with Crippen molar-refractivity contribution in [2.45, 2.75) is 45.2 Å². The fourth-order valence-electron chi connectivity index (χ4n) is 3.11. The summed E-state index contributed by atoms with van der Waals surface area (Å²) in [6, 6.07) is 6.92. The normalized spacial score (nSPS) is 20.4. The van der Waals surface area contributed by atoms with E-state index in [0.29, 0.717) is 31.2 Å². The van der Waals surface area contributed by atoms with Crippen LogP contribution in [0.15, 0.2) is 24.3 Å². The van der Waals surface area contributed by atoms with Crippen LogP contribution in [0.1, 0.15) is 38.7 Å². The second-order valence-electron chi connectivity index (χ2n) is 6.92. The molecule has 2 N–H and O–H groups in total. The van der Waals surface area contributed by atoms with Crippen molar-refractivity contribution in [3.8, 4) is 5.75 Å². The van der Waals surface area contributed by atoms with E-state index in [1.165, 1.54) is 5.56 Å². The van der Waals surface area contributed by atoms with E-state index in [0.717, 1.165) is 6.26 Å². The van der Waals surface area contributed by atoms with E-state index < -0.39 is 10.0 Å². The van der Waals surface area contributed by atoms with E-state index in [-0.39, 0.29) is 24.7 Å². The van der Waals surface area contributed by atoms with Crippen LogP contribution < -0.4 is 14.8 Å². The van der Waals surface area contributed by atoms with Crippen molar-refractivity contribution in [2.24, 2.45) is 0 Å². The number of amides is 2. The van der Waals surface area contributed by atoms with Gasteiger partial charge in [-0.3, -0.25) is 0 Å². The predicted octanol–water partition coefficient (Wildman–Crippen LogP) is 1.91. The van der Waals surface area contributed by atoms with Gasteiger partial charge in [0.1, 0.15) is 12.4 Å². The Kier molecular flexibility index (Phi) is 6.88. The summed E-state index contributed by atoms with van der Waals surface area (Å²) in [4.78, 5) is 13.9. The van der Waals surface area contributed by atoms with Gasteiger partial charge in [-0.25, -0.2) is 17.9 Å². The molecule has 7 nitrogen and oxygen atoms in total. The van der Waals surface area contributed by atoms with Gasteiger partial charge in [0.2, 0.25) is 10.0 Å². The molecule has 1 fully saturated rings. The highest BCUT2D eigenvalue weighted by Gasteiger charge is 2.38. The average molecular weight is 384 g/mol. The lowest BCUT2D eigenvalue weighted by atomic mass is 10.0. The fourth-order valence-corrected chi connectivity index (χ4v) is 3.93. The van der Waals surface area contributed by atoms with E-state index in [9.17, 15) is 13.2 Å². The Morgan fingerprint density at radius 2 is 1.96 bits per heavy atom. The maximum atomic E-state index is 12.3. The first-order valence-corrected chi connectivity index (χ1v) is 10.8. The molecule has 0 radical (unpaired) electrons. The van der Waals surface area contributed by atoms with Crippen molar-refractivity contribution >= 4 is 16.1 Å². The number of carbonyl (C=O) groups excluding carboxylic acids is 1. The molecule has 1 aromatic rings. The molecule has 1 saturated heterocycles. The summed E-state index contributed by atoms with van der Waals surface area (Å²) < 4.78 is 31.8. The Morgan fingerprint density at radius 3 is 2.50 bits per heavy atom. The summed E-state index contributed by atoms with van der Waals surface area (Å²) in [7, 11) is -3.36. The van der Waals surface area contributed by atoms with Gasteiger partial charge in [0.05, 0.1) is 12.3 Å². The van der Waals surface area contributed by atoms with Crippen LogP contribution in [0.5, 0.6) is 5.75 Å². The molecule has 0 unspecified atom stereocenters. The van der Waals surface area contributed by atoms with Crippen LogP contribution >= 0.6 is 0 Å². The molecule has 2 amide bonds. The summed E-state index contributed by atoms with van der Waals surface area (Å²) in [5.41, 5.74) is 1.22. The molecule has 0 saturated carbocycles. The van der Waals surface area contributed by atoms with Crippen molar-refractivity contribution < 1.29 is 17.9 Å². The Balaban J connectivity index is 2.09. The number of hydrogen-bond donors (Lipinski definition) is 2. The zero-order chi connectivity index (χ0) is 19.3. The minimum atomic E-state index is -3.36. The molecule has 0 aliphatic carbocycles. The van der Waals surface area contributed by atoms with Gasteiger partial charge in [-0.1, -0.05) is 26.0 Å². The molecule has 0 aromatic heterocycles. The van der Waals surface area contributed by atoms with E-state index in [4.69, 9.17) is 4.74 Å². The molecule has 1 aliphatic heterocycles. The van der Waals surface area contributed by atoms with Crippen LogP contribution in [0.4, 0.5) is 4.79 Å². The van der Waals surface area contributed by atoms with Crippen LogP contribution in [-0.2, 0) is 10.0 Å². The fraction of sp³-hybridized carbons (Fsp3) is 0.611. The average Bonchev–Trinajstić information content (AvgIpc) is 2.94. The van der Waals surface area contributed by atoms with Gasteiger partial charge in [0, 0.05) is 19.1 Å². The van der Waals surface area contributed by atoms with Crippen LogP contribution in [0.2, 0.25) is 0 Å². The number of hydrogen-bond acceptors (Lipinski definition) is 4. The standard InChI is InChI=1S/C18H29N3O4S/c1-5-19-18(22)21-11-10-16(20-26(4,23)24)17(21)12-25-15-8-6-14(7-9-15)13(2)3/h6-9,13,16-17,20H,5,10-12H2,1-4H3,(H,19,22)/t16-,17-/m0/s1. The number of carbonyl (C=O) groups is 1. The van der Waals surface area contributed by atoms with Gasteiger partial charge in [-0.2, -0.15) is 0 Å². The number of nitrogens with zero attached hydrogens (tertiary/aromatic N) is 1. The van der Waals surface area contributed by atoms with Crippen LogP contribution in [-0.4, -0.2) is 57.4 Å². The first-order chi connectivity index (χ1) is 12.2. The van der Waals surface area contributed by atoms with Gasteiger partial charge in [-0.15, -0.1) is 0 Å². The number of nitrogens with one attached hydrogen (secondary N) is 2. The lowest BCUT2D eigenvalue weighted by molar-refractivity contribution is 0.159. The Bertz CT molecular complexity index is 704.